The second-order valence-corrected chi connectivity index (χ2v) is 5.63. The zero-order chi connectivity index (χ0) is 15.2. The first-order chi connectivity index (χ1) is 10.8. The molecule has 2 atom stereocenters. The molecule has 1 aromatic rings. The molecule has 2 unspecified atom stereocenters. The number of piperidine rings is 1. The maximum atomic E-state index is 12.1. The molecular formula is C18H21NO3. The maximum Gasteiger partial charge on any atom is 0.310 e. The standard InChI is InChI=1S/C18H21NO3/c20-18(22-11-10-21-16-7-2-1-3-8-16)15-12-14-6-4-5-9-17(14)19-13-15/h1-5,7-9,14-15,19H,6,10-13H2. The second-order valence-electron chi connectivity index (χ2n) is 5.63. The number of benzene rings is 1. The number of carbonyl (C=O) groups excluding carboxylic acids is 1. The fourth-order valence-corrected chi connectivity index (χ4v) is 2.89. The Balaban J connectivity index is 1.39. The number of rotatable bonds is 5. The van der Waals surface area contributed by atoms with Gasteiger partial charge in [-0.1, -0.05) is 30.4 Å². The Labute approximate surface area is 130 Å². The Hall–Kier alpha value is -2.23. The van der Waals surface area contributed by atoms with Crippen molar-refractivity contribution in [1.82, 2.24) is 5.32 Å². The van der Waals surface area contributed by atoms with E-state index >= 15 is 0 Å². The van der Waals surface area contributed by atoms with Crippen molar-refractivity contribution in [3.8, 4) is 5.75 Å². The number of hydrogen-bond donors (Lipinski definition) is 1. The van der Waals surface area contributed by atoms with Gasteiger partial charge in [-0.15, -0.1) is 0 Å². The van der Waals surface area contributed by atoms with Crippen LogP contribution in [0.3, 0.4) is 0 Å². The van der Waals surface area contributed by atoms with E-state index in [1.54, 1.807) is 0 Å². The van der Waals surface area contributed by atoms with E-state index in [4.69, 9.17) is 9.47 Å². The molecule has 1 aliphatic heterocycles. The molecule has 4 heteroatoms. The summed E-state index contributed by atoms with van der Waals surface area (Å²) in [7, 11) is 0. The van der Waals surface area contributed by atoms with Gasteiger partial charge in [0.2, 0.25) is 0 Å². The molecule has 3 rings (SSSR count). The van der Waals surface area contributed by atoms with E-state index in [0.717, 1.165) is 18.6 Å². The molecule has 1 fully saturated rings. The van der Waals surface area contributed by atoms with Crippen molar-refractivity contribution in [2.24, 2.45) is 11.8 Å². The summed E-state index contributed by atoms with van der Waals surface area (Å²) in [5.74, 6) is 1.03. The quantitative estimate of drug-likeness (QED) is 0.671. The van der Waals surface area contributed by atoms with Gasteiger partial charge in [-0.2, -0.15) is 0 Å². The molecule has 2 aliphatic rings. The predicted octanol–water partition coefficient (Wildman–Crippen LogP) is 2.68. The van der Waals surface area contributed by atoms with Crippen LogP contribution in [-0.2, 0) is 9.53 Å². The van der Waals surface area contributed by atoms with Crippen LogP contribution in [-0.4, -0.2) is 25.7 Å². The summed E-state index contributed by atoms with van der Waals surface area (Å²) in [5.41, 5.74) is 1.25. The molecule has 22 heavy (non-hydrogen) atoms. The lowest BCUT2D eigenvalue weighted by Gasteiger charge is -2.32. The molecule has 0 saturated carbocycles. The van der Waals surface area contributed by atoms with E-state index < -0.39 is 0 Å². The number of para-hydroxylation sites is 1. The summed E-state index contributed by atoms with van der Waals surface area (Å²) >= 11 is 0. The molecule has 4 nitrogen and oxygen atoms in total. The third-order valence-corrected chi connectivity index (χ3v) is 4.07. The summed E-state index contributed by atoms with van der Waals surface area (Å²) in [5, 5.41) is 3.35. The number of carbonyl (C=O) groups is 1. The van der Waals surface area contributed by atoms with Crippen molar-refractivity contribution in [3.05, 3.63) is 54.3 Å². The first-order valence-electron chi connectivity index (χ1n) is 7.78. The molecule has 0 spiro atoms. The molecule has 1 aliphatic carbocycles. The highest BCUT2D eigenvalue weighted by Gasteiger charge is 2.31. The van der Waals surface area contributed by atoms with Crippen LogP contribution in [0.25, 0.3) is 0 Å². The average molecular weight is 299 g/mol. The highest BCUT2D eigenvalue weighted by molar-refractivity contribution is 5.73. The third-order valence-electron chi connectivity index (χ3n) is 4.07. The van der Waals surface area contributed by atoms with Crippen LogP contribution in [0.2, 0.25) is 0 Å². The number of fused-ring (bicyclic) bond motifs is 1. The van der Waals surface area contributed by atoms with Crippen molar-refractivity contribution in [2.75, 3.05) is 19.8 Å². The van der Waals surface area contributed by atoms with E-state index in [2.05, 4.69) is 23.5 Å². The molecule has 1 N–H and O–H groups in total. The second kappa shape index (κ2) is 7.16. The van der Waals surface area contributed by atoms with E-state index in [1.165, 1.54) is 5.70 Å². The molecular weight excluding hydrogens is 278 g/mol. The van der Waals surface area contributed by atoms with Crippen LogP contribution < -0.4 is 10.1 Å². The minimum atomic E-state index is -0.127. The first-order valence-corrected chi connectivity index (χ1v) is 7.78. The topological polar surface area (TPSA) is 47.6 Å². The van der Waals surface area contributed by atoms with Crippen molar-refractivity contribution in [3.63, 3.8) is 0 Å². The van der Waals surface area contributed by atoms with Gasteiger partial charge in [0, 0.05) is 18.2 Å². The molecule has 0 bridgehead atoms. The fourth-order valence-electron chi connectivity index (χ4n) is 2.89. The lowest BCUT2D eigenvalue weighted by molar-refractivity contribution is -0.150. The zero-order valence-corrected chi connectivity index (χ0v) is 12.5. The van der Waals surface area contributed by atoms with E-state index in [9.17, 15) is 4.79 Å². The number of esters is 1. The van der Waals surface area contributed by atoms with Gasteiger partial charge in [-0.05, 0) is 31.1 Å². The summed E-state index contributed by atoms with van der Waals surface area (Å²) in [6.45, 7) is 1.33. The molecule has 1 heterocycles. The number of hydrogen-bond acceptors (Lipinski definition) is 4. The zero-order valence-electron chi connectivity index (χ0n) is 12.5. The summed E-state index contributed by atoms with van der Waals surface area (Å²) < 4.78 is 10.9. The van der Waals surface area contributed by atoms with Crippen molar-refractivity contribution < 1.29 is 14.3 Å². The molecule has 0 radical (unpaired) electrons. The summed E-state index contributed by atoms with van der Waals surface area (Å²) in [4.78, 5) is 12.1. The molecule has 1 aromatic carbocycles. The molecule has 116 valence electrons. The van der Waals surface area contributed by atoms with Crippen LogP contribution in [0.4, 0.5) is 0 Å². The van der Waals surface area contributed by atoms with E-state index in [1.807, 2.05) is 30.3 Å². The maximum absolute atomic E-state index is 12.1. The van der Waals surface area contributed by atoms with Gasteiger partial charge < -0.3 is 14.8 Å². The van der Waals surface area contributed by atoms with Crippen LogP contribution in [0.1, 0.15) is 12.8 Å². The van der Waals surface area contributed by atoms with Gasteiger partial charge in [0.05, 0.1) is 5.92 Å². The largest absolute Gasteiger partial charge is 0.490 e. The van der Waals surface area contributed by atoms with E-state index in [0.29, 0.717) is 19.1 Å². The van der Waals surface area contributed by atoms with Gasteiger partial charge in [0.1, 0.15) is 19.0 Å². The Morgan fingerprint density at radius 2 is 2.09 bits per heavy atom. The Kier molecular flexibility index (Phi) is 4.78. The lowest BCUT2D eigenvalue weighted by Crippen LogP contribution is -2.39. The number of ether oxygens (including phenoxy) is 2. The highest BCUT2D eigenvalue weighted by Crippen LogP contribution is 2.30. The van der Waals surface area contributed by atoms with Gasteiger partial charge >= 0.3 is 5.97 Å². The summed E-state index contributed by atoms with van der Waals surface area (Å²) in [6.07, 6.45) is 8.18. The normalized spacial score (nSPS) is 23.0. The Morgan fingerprint density at radius 1 is 1.23 bits per heavy atom. The van der Waals surface area contributed by atoms with Crippen LogP contribution in [0, 0.1) is 11.8 Å². The van der Waals surface area contributed by atoms with Crippen LogP contribution in [0.5, 0.6) is 5.75 Å². The Morgan fingerprint density at radius 3 is 2.95 bits per heavy atom. The van der Waals surface area contributed by atoms with E-state index in [-0.39, 0.29) is 18.5 Å². The Bertz CT molecular complexity index is 565. The fraction of sp³-hybridized carbons (Fsp3) is 0.389. The van der Waals surface area contributed by atoms with Crippen LogP contribution >= 0.6 is 0 Å². The van der Waals surface area contributed by atoms with Crippen molar-refractivity contribution in [2.45, 2.75) is 12.8 Å². The monoisotopic (exact) mass is 299 g/mol. The SMILES string of the molecule is O=C(OCCOc1ccccc1)C1CNC2=CC=CCC2C1. The highest BCUT2D eigenvalue weighted by atomic mass is 16.6. The summed E-state index contributed by atoms with van der Waals surface area (Å²) in [6, 6.07) is 9.54. The van der Waals surface area contributed by atoms with Gasteiger partial charge in [-0.25, -0.2) is 0 Å². The predicted molar refractivity (Wildman–Crippen MR) is 84.3 cm³/mol. The molecule has 0 aromatic heterocycles. The molecule has 1 saturated heterocycles. The minimum absolute atomic E-state index is 0.0645. The van der Waals surface area contributed by atoms with Gasteiger partial charge in [0.25, 0.3) is 0 Å². The van der Waals surface area contributed by atoms with Crippen molar-refractivity contribution in [1.29, 1.82) is 0 Å². The number of nitrogens with one attached hydrogen (secondary N) is 1. The minimum Gasteiger partial charge on any atom is -0.490 e. The average Bonchev–Trinajstić information content (AvgIpc) is 2.59. The third kappa shape index (κ3) is 3.70. The van der Waals surface area contributed by atoms with Crippen molar-refractivity contribution >= 4 is 5.97 Å². The lowest BCUT2D eigenvalue weighted by atomic mass is 9.83. The van der Waals surface area contributed by atoms with Crippen LogP contribution in [0.15, 0.2) is 54.3 Å². The first kappa shape index (κ1) is 14.7. The van der Waals surface area contributed by atoms with Gasteiger partial charge in [-0.3, -0.25) is 4.79 Å². The number of allylic oxidation sites excluding steroid dienone is 4. The van der Waals surface area contributed by atoms with Gasteiger partial charge in [0.15, 0.2) is 0 Å². The molecule has 0 amide bonds. The smallest absolute Gasteiger partial charge is 0.310 e.